The van der Waals surface area contributed by atoms with Gasteiger partial charge in [-0.15, -0.1) is 11.8 Å². The number of nitrogens with one attached hydrogen (secondary N) is 1. The molecule has 2 rings (SSSR count). The van der Waals surface area contributed by atoms with Crippen LogP contribution in [0.25, 0.3) is 0 Å². The van der Waals surface area contributed by atoms with Crippen molar-refractivity contribution in [2.75, 3.05) is 19.5 Å². The number of methoxy groups -OCH3 is 1. The number of hydrogen-bond donors (Lipinski definition) is 2. The third-order valence-corrected chi connectivity index (χ3v) is 4.47. The molecular formula is C15H23NO2S. The number of rotatable bonds is 8. The van der Waals surface area contributed by atoms with E-state index in [9.17, 15) is 5.11 Å². The normalized spacial score (nSPS) is 18.1. The predicted octanol–water partition coefficient (Wildman–Crippen LogP) is 2.68. The Bertz CT molecular complexity index is 392. The monoisotopic (exact) mass is 281 g/mol. The van der Waals surface area contributed by atoms with Crippen molar-refractivity contribution in [3.05, 3.63) is 24.3 Å². The van der Waals surface area contributed by atoms with Crippen molar-refractivity contribution in [3.63, 3.8) is 0 Å². The Morgan fingerprint density at radius 2 is 2.05 bits per heavy atom. The van der Waals surface area contributed by atoms with Crippen molar-refractivity contribution in [3.8, 4) is 5.75 Å². The summed E-state index contributed by atoms with van der Waals surface area (Å²) in [6.07, 6.45) is 3.47. The van der Waals surface area contributed by atoms with Crippen LogP contribution in [0, 0.1) is 0 Å². The van der Waals surface area contributed by atoms with Crippen LogP contribution in [0.4, 0.5) is 0 Å². The van der Waals surface area contributed by atoms with E-state index in [1.807, 2.05) is 23.9 Å². The summed E-state index contributed by atoms with van der Waals surface area (Å²) >= 11 is 1.82. The van der Waals surface area contributed by atoms with Gasteiger partial charge in [-0.05, 0) is 56.2 Å². The molecule has 3 nitrogen and oxygen atoms in total. The third-order valence-electron chi connectivity index (χ3n) is 3.46. The molecule has 0 aromatic heterocycles. The number of aliphatic hydroxyl groups excluding tert-OH is 1. The molecule has 0 aliphatic heterocycles. The van der Waals surface area contributed by atoms with E-state index in [-0.39, 0.29) is 12.1 Å². The Morgan fingerprint density at radius 3 is 2.58 bits per heavy atom. The Kier molecular flexibility index (Phi) is 5.13. The van der Waals surface area contributed by atoms with Gasteiger partial charge in [-0.25, -0.2) is 0 Å². The van der Waals surface area contributed by atoms with E-state index >= 15 is 0 Å². The Labute approximate surface area is 119 Å². The Morgan fingerprint density at radius 1 is 1.37 bits per heavy atom. The third kappa shape index (κ3) is 4.71. The quantitative estimate of drug-likeness (QED) is 0.719. The molecule has 1 saturated carbocycles. The molecule has 0 saturated heterocycles. The van der Waals surface area contributed by atoms with Crippen molar-refractivity contribution in [1.82, 2.24) is 5.32 Å². The van der Waals surface area contributed by atoms with Gasteiger partial charge in [-0.3, -0.25) is 0 Å². The standard InChI is InChI=1S/C15H23NO2S/c1-15(11-17,16-12-3-4-12)9-10-19-14-7-5-13(18-2)6-8-14/h5-8,12,16-17H,3-4,9-11H2,1-2H3. The first kappa shape index (κ1) is 14.7. The topological polar surface area (TPSA) is 41.5 Å². The maximum atomic E-state index is 9.54. The average Bonchev–Trinajstić information content (AvgIpc) is 3.23. The van der Waals surface area contributed by atoms with Crippen LogP contribution >= 0.6 is 11.8 Å². The fraction of sp³-hybridized carbons (Fsp3) is 0.600. The van der Waals surface area contributed by atoms with Gasteiger partial charge in [0.25, 0.3) is 0 Å². The maximum absolute atomic E-state index is 9.54. The summed E-state index contributed by atoms with van der Waals surface area (Å²) in [5.74, 6) is 1.89. The largest absolute Gasteiger partial charge is 0.497 e. The minimum absolute atomic E-state index is 0.138. The smallest absolute Gasteiger partial charge is 0.118 e. The zero-order valence-electron chi connectivity index (χ0n) is 11.7. The molecule has 1 fully saturated rings. The lowest BCUT2D eigenvalue weighted by atomic mass is 10.0. The summed E-state index contributed by atoms with van der Waals surface area (Å²) in [4.78, 5) is 1.24. The number of aliphatic hydroxyl groups is 1. The summed E-state index contributed by atoms with van der Waals surface area (Å²) in [6.45, 7) is 2.31. The van der Waals surface area contributed by atoms with Gasteiger partial charge in [-0.2, -0.15) is 0 Å². The highest BCUT2D eigenvalue weighted by molar-refractivity contribution is 7.99. The van der Waals surface area contributed by atoms with Crippen LogP contribution < -0.4 is 10.1 Å². The summed E-state index contributed by atoms with van der Waals surface area (Å²) < 4.78 is 5.14. The molecule has 1 aromatic rings. The van der Waals surface area contributed by atoms with E-state index in [1.165, 1.54) is 17.7 Å². The molecule has 0 heterocycles. The van der Waals surface area contributed by atoms with Gasteiger partial charge in [0.2, 0.25) is 0 Å². The van der Waals surface area contributed by atoms with Crippen LogP contribution in [0.2, 0.25) is 0 Å². The first-order valence-electron chi connectivity index (χ1n) is 6.81. The van der Waals surface area contributed by atoms with Gasteiger partial charge in [0.15, 0.2) is 0 Å². The molecule has 0 amide bonds. The van der Waals surface area contributed by atoms with Gasteiger partial charge in [0.05, 0.1) is 13.7 Å². The van der Waals surface area contributed by atoms with Crippen molar-refractivity contribution >= 4 is 11.8 Å². The lowest BCUT2D eigenvalue weighted by Gasteiger charge is -2.28. The van der Waals surface area contributed by atoms with E-state index in [0.29, 0.717) is 6.04 Å². The number of benzene rings is 1. The van der Waals surface area contributed by atoms with Gasteiger partial charge < -0.3 is 15.2 Å². The molecule has 1 aliphatic rings. The zero-order chi connectivity index (χ0) is 13.7. The zero-order valence-corrected chi connectivity index (χ0v) is 12.5. The van der Waals surface area contributed by atoms with Crippen LogP contribution in [-0.2, 0) is 0 Å². The Hall–Kier alpha value is -0.710. The van der Waals surface area contributed by atoms with Crippen LogP contribution in [0.1, 0.15) is 26.2 Å². The average molecular weight is 281 g/mol. The summed E-state index contributed by atoms with van der Waals surface area (Å²) in [5.41, 5.74) is -0.138. The molecule has 1 unspecified atom stereocenters. The van der Waals surface area contributed by atoms with Crippen LogP contribution in [0.15, 0.2) is 29.2 Å². The first-order valence-corrected chi connectivity index (χ1v) is 7.79. The van der Waals surface area contributed by atoms with E-state index in [1.54, 1.807) is 7.11 Å². The van der Waals surface area contributed by atoms with Crippen LogP contribution in [-0.4, -0.2) is 36.2 Å². The number of ether oxygens (including phenoxy) is 1. The van der Waals surface area contributed by atoms with Crippen LogP contribution in [0.5, 0.6) is 5.75 Å². The predicted molar refractivity (Wildman–Crippen MR) is 80.0 cm³/mol. The van der Waals surface area contributed by atoms with E-state index in [2.05, 4.69) is 24.4 Å². The highest BCUT2D eigenvalue weighted by Gasteiger charge is 2.31. The SMILES string of the molecule is COc1ccc(SCCC(C)(CO)NC2CC2)cc1. The van der Waals surface area contributed by atoms with Crippen LogP contribution in [0.3, 0.4) is 0 Å². The van der Waals surface area contributed by atoms with E-state index in [4.69, 9.17) is 4.74 Å². The molecular weight excluding hydrogens is 258 g/mol. The molecule has 19 heavy (non-hydrogen) atoms. The summed E-state index contributed by atoms with van der Waals surface area (Å²) in [6, 6.07) is 8.75. The molecule has 106 valence electrons. The second kappa shape index (κ2) is 6.64. The molecule has 1 aliphatic carbocycles. The lowest BCUT2D eigenvalue weighted by Crippen LogP contribution is -2.47. The van der Waals surface area contributed by atoms with E-state index in [0.717, 1.165) is 17.9 Å². The lowest BCUT2D eigenvalue weighted by molar-refractivity contribution is 0.169. The van der Waals surface area contributed by atoms with Crippen molar-refractivity contribution < 1.29 is 9.84 Å². The number of thioether (sulfide) groups is 1. The van der Waals surface area contributed by atoms with Gasteiger partial charge >= 0.3 is 0 Å². The summed E-state index contributed by atoms with van der Waals surface area (Å²) in [5, 5.41) is 13.1. The highest BCUT2D eigenvalue weighted by atomic mass is 32.2. The Balaban J connectivity index is 1.77. The maximum Gasteiger partial charge on any atom is 0.118 e. The van der Waals surface area contributed by atoms with E-state index < -0.39 is 0 Å². The molecule has 0 radical (unpaired) electrons. The minimum Gasteiger partial charge on any atom is -0.497 e. The number of hydrogen-bond acceptors (Lipinski definition) is 4. The molecule has 1 atom stereocenters. The second-order valence-corrected chi connectivity index (χ2v) is 6.58. The second-order valence-electron chi connectivity index (χ2n) is 5.41. The van der Waals surface area contributed by atoms with Crippen molar-refractivity contribution in [2.45, 2.75) is 42.7 Å². The van der Waals surface area contributed by atoms with Gasteiger partial charge in [0.1, 0.15) is 5.75 Å². The molecule has 0 spiro atoms. The summed E-state index contributed by atoms with van der Waals surface area (Å²) in [7, 11) is 1.68. The van der Waals surface area contributed by atoms with Gasteiger partial charge in [-0.1, -0.05) is 0 Å². The first-order chi connectivity index (χ1) is 9.15. The highest BCUT2D eigenvalue weighted by Crippen LogP contribution is 2.27. The van der Waals surface area contributed by atoms with Crippen molar-refractivity contribution in [2.24, 2.45) is 0 Å². The fourth-order valence-electron chi connectivity index (χ4n) is 1.98. The molecule has 4 heteroatoms. The van der Waals surface area contributed by atoms with Gasteiger partial charge in [0, 0.05) is 16.5 Å². The molecule has 2 N–H and O–H groups in total. The van der Waals surface area contributed by atoms with Crippen molar-refractivity contribution in [1.29, 1.82) is 0 Å². The fourth-order valence-corrected chi connectivity index (χ4v) is 3.10. The molecule has 1 aromatic carbocycles. The molecule has 0 bridgehead atoms. The minimum atomic E-state index is -0.138.